The predicted molar refractivity (Wildman–Crippen MR) is 181 cm³/mol. The molecule has 3 amide bonds. The summed E-state index contributed by atoms with van der Waals surface area (Å²) < 4.78 is 34.8. The summed E-state index contributed by atoms with van der Waals surface area (Å²) in [5.74, 6) is -1.33. The van der Waals surface area contributed by atoms with E-state index < -0.39 is 27.9 Å². The molecule has 1 aliphatic heterocycles. The number of rotatable bonds is 9. The smallest absolute Gasteiger partial charge is 0.265 e. The fourth-order valence-corrected chi connectivity index (χ4v) is 8.18. The minimum Gasteiger partial charge on any atom is -0.464 e. The van der Waals surface area contributed by atoms with E-state index in [4.69, 9.17) is 16.0 Å². The van der Waals surface area contributed by atoms with Crippen LogP contribution in [0.25, 0.3) is 11.0 Å². The van der Waals surface area contributed by atoms with Crippen molar-refractivity contribution in [1.82, 2.24) is 5.32 Å². The van der Waals surface area contributed by atoms with E-state index >= 15 is 0 Å². The van der Waals surface area contributed by atoms with E-state index in [0.29, 0.717) is 45.1 Å². The predicted octanol–water partition coefficient (Wildman–Crippen LogP) is 6.22. The lowest BCUT2D eigenvalue weighted by molar-refractivity contribution is -0.125. The fourth-order valence-electron chi connectivity index (χ4n) is 5.80. The Morgan fingerprint density at radius 1 is 0.957 bits per heavy atom. The maximum atomic E-state index is 14.2. The number of halogens is 1. The Balaban J connectivity index is 1.11. The van der Waals surface area contributed by atoms with Gasteiger partial charge in [0.05, 0.1) is 29.0 Å². The first-order chi connectivity index (χ1) is 22.5. The number of benzene rings is 4. The van der Waals surface area contributed by atoms with Crippen LogP contribution in [0.3, 0.4) is 0 Å². The first kappa shape index (κ1) is 31.8. The van der Waals surface area contributed by atoms with Crippen LogP contribution in [0.5, 0.6) is 0 Å². The Bertz CT molecular complexity index is 2100. The molecular weight excluding hydrogens is 640 g/mol. The molecule has 1 aliphatic rings. The molecule has 0 radical (unpaired) electrons. The van der Waals surface area contributed by atoms with Crippen molar-refractivity contribution in [2.45, 2.75) is 37.6 Å². The number of hydrogen-bond donors (Lipinski definition) is 3. The molecule has 4 aromatic carbocycles. The highest BCUT2D eigenvalue weighted by Gasteiger charge is 2.43. The molecular formula is C35H31ClN4O6S. The first-order valence-corrected chi connectivity index (χ1v) is 16.7. The van der Waals surface area contributed by atoms with Gasteiger partial charge < -0.3 is 20.4 Å². The summed E-state index contributed by atoms with van der Waals surface area (Å²) in [6.07, 6.45) is 1.66. The van der Waals surface area contributed by atoms with Gasteiger partial charge in [0.25, 0.3) is 15.9 Å². The molecule has 240 valence electrons. The number of aryl methyl sites for hydroxylation is 2. The van der Waals surface area contributed by atoms with E-state index in [1.165, 1.54) is 0 Å². The van der Waals surface area contributed by atoms with Gasteiger partial charge in [0.1, 0.15) is 11.6 Å². The van der Waals surface area contributed by atoms with Gasteiger partial charge in [0.15, 0.2) is 0 Å². The molecule has 6 rings (SSSR count). The van der Waals surface area contributed by atoms with Gasteiger partial charge in [-0.3, -0.25) is 18.7 Å². The Morgan fingerprint density at radius 3 is 2.43 bits per heavy atom. The van der Waals surface area contributed by atoms with Crippen LogP contribution in [0.1, 0.15) is 33.5 Å². The molecule has 0 bridgehead atoms. The number of fused-ring (bicyclic) bond motifs is 2. The number of nitrogens with one attached hydrogen (secondary N) is 3. The molecule has 1 unspecified atom stereocenters. The highest BCUT2D eigenvalue weighted by Crippen LogP contribution is 2.39. The summed E-state index contributed by atoms with van der Waals surface area (Å²) in [7, 11) is -4.28. The SMILES string of the molecule is Cc1cc(Cl)cc(C)c1S(=O)(=O)N1c2ccccc2NC(=O)C1CC(=O)NCCc1ccc(NC(=O)c2ccc3occc3c2)cc1. The molecule has 3 N–H and O–H groups in total. The number of carbonyl (C=O) groups excluding carboxylic acids is 3. The van der Waals surface area contributed by atoms with E-state index in [-0.39, 0.29) is 29.5 Å². The van der Waals surface area contributed by atoms with Gasteiger partial charge >= 0.3 is 0 Å². The third kappa shape index (κ3) is 6.58. The number of furan rings is 1. The number of para-hydroxylation sites is 2. The second-order valence-electron chi connectivity index (χ2n) is 11.3. The van der Waals surface area contributed by atoms with Crippen LogP contribution in [-0.2, 0) is 26.0 Å². The van der Waals surface area contributed by atoms with Gasteiger partial charge in [-0.15, -0.1) is 0 Å². The quantitative estimate of drug-likeness (QED) is 0.170. The van der Waals surface area contributed by atoms with Crippen molar-refractivity contribution in [2.75, 3.05) is 21.5 Å². The van der Waals surface area contributed by atoms with Crippen LogP contribution in [0.15, 0.2) is 101 Å². The molecule has 0 aliphatic carbocycles. The molecule has 0 spiro atoms. The number of sulfonamides is 1. The molecule has 2 heterocycles. The molecule has 0 saturated heterocycles. The van der Waals surface area contributed by atoms with Crippen molar-refractivity contribution in [3.8, 4) is 0 Å². The van der Waals surface area contributed by atoms with Gasteiger partial charge in [-0.2, -0.15) is 0 Å². The molecule has 47 heavy (non-hydrogen) atoms. The van der Waals surface area contributed by atoms with Crippen LogP contribution in [-0.4, -0.2) is 38.7 Å². The fraction of sp³-hybridized carbons (Fsp3) is 0.171. The van der Waals surface area contributed by atoms with Crippen molar-refractivity contribution in [3.63, 3.8) is 0 Å². The summed E-state index contributed by atoms with van der Waals surface area (Å²) in [5, 5.41) is 9.66. The van der Waals surface area contributed by atoms with Crippen LogP contribution in [0.2, 0.25) is 5.02 Å². The number of carbonyl (C=O) groups is 3. The van der Waals surface area contributed by atoms with Crippen LogP contribution >= 0.6 is 11.6 Å². The van der Waals surface area contributed by atoms with Gasteiger partial charge in [-0.05, 0) is 97.6 Å². The largest absolute Gasteiger partial charge is 0.464 e. The standard InChI is InChI=1S/C35H31ClN4O6S/c1-21-17-26(36)18-22(2)33(21)47(44,45)40-29-6-4-3-5-28(29)39-35(43)30(40)20-32(41)37-15-13-23-7-10-27(11-8-23)38-34(42)25-9-12-31-24(19-25)14-16-46-31/h3-12,14,16-19,30H,13,15,20H2,1-2H3,(H,37,41)(H,38,42)(H,39,43). The maximum absolute atomic E-state index is 14.2. The summed E-state index contributed by atoms with van der Waals surface area (Å²) in [6, 6.07) is 22.6. The summed E-state index contributed by atoms with van der Waals surface area (Å²) in [5.41, 5.74) is 4.21. The third-order valence-electron chi connectivity index (χ3n) is 7.97. The van der Waals surface area contributed by atoms with E-state index in [0.717, 1.165) is 15.3 Å². The molecule has 1 atom stereocenters. The number of hydrogen-bond acceptors (Lipinski definition) is 6. The zero-order valence-electron chi connectivity index (χ0n) is 25.5. The second-order valence-corrected chi connectivity index (χ2v) is 13.5. The molecule has 0 fully saturated rings. The summed E-state index contributed by atoms with van der Waals surface area (Å²) in [6.45, 7) is 3.54. The van der Waals surface area contributed by atoms with Gasteiger partial charge in [-0.25, -0.2) is 8.42 Å². The van der Waals surface area contributed by atoms with Crippen molar-refractivity contribution in [2.24, 2.45) is 0 Å². The third-order valence-corrected chi connectivity index (χ3v) is 10.3. The van der Waals surface area contributed by atoms with Crippen LogP contribution in [0.4, 0.5) is 17.1 Å². The zero-order valence-corrected chi connectivity index (χ0v) is 27.1. The van der Waals surface area contributed by atoms with Crippen molar-refractivity contribution < 1.29 is 27.2 Å². The summed E-state index contributed by atoms with van der Waals surface area (Å²) in [4.78, 5) is 39.2. The molecule has 12 heteroatoms. The minimum atomic E-state index is -4.28. The van der Waals surface area contributed by atoms with Crippen molar-refractivity contribution in [1.29, 1.82) is 0 Å². The Morgan fingerprint density at radius 2 is 1.68 bits per heavy atom. The molecule has 5 aromatic rings. The molecule has 0 saturated carbocycles. The van der Waals surface area contributed by atoms with Gasteiger partial charge in [0, 0.05) is 28.2 Å². The normalized spacial score (nSPS) is 14.4. The van der Waals surface area contributed by atoms with Crippen molar-refractivity contribution in [3.05, 3.63) is 118 Å². The molecule has 1 aromatic heterocycles. The Kier molecular flexibility index (Phi) is 8.76. The Labute approximate surface area is 276 Å². The van der Waals surface area contributed by atoms with Crippen LogP contribution < -0.4 is 20.3 Å². The summed E-state index contributed by atoms with van der Waals surface area (Å²) >= 11 is 6.17. The Hall–Kier alpha value is -5.13. The molecule has 10 nitrogen and oxygen atoms in total. The number of anilines is 3. The van der Waals surface area contributed by atoms with Crippen molar-refractivity contribution >= 4 is 67.4 Å². The van der Waals surface area contributed by atoms with E-state index in [2.05, 4.69) is 16.0 Å². The van der Waals surface area contributed by atoms with Crippen LogP contribution in [0, 0.1) is 13.8 Å². The zero-order chi connectivity index (χ0) is 33.3. The highest BCUT2D eigenvalue weighted by atomic mass is 35.5. The van der Waals surface area contributed by atoms with Gasteiger partial charge in [0.2, 0.25) is 11.8 Å². The lowest BCUT2D eigenvalue weighted by atomic mass is 10.1. The first-order valence-electron chi connectivity index (χ1n) is 14.9. The van der Waals surface area contributed by atoms with Gasteiger partial charge in [-0.1, -0.05) is 35.9 Å². The highest BCUT2D eigenvalue weighted by molar-refractivity contribution is 7.93. The number of nitrogens with zero attached hydrogens (tertiary/aromatic N) is 1. The van der Waals surface area contributed by atoms with E-state index in [1.54, 1.807) is 92.9 Å². The van der Waals surface area contributed by atoms with E-state index in [9.17, 15) is 22.8 Å². The minimum absolute atomic E-state index is 0.0375. The topological polar surface area (TPSA) is 138 Å². The average molecular weight is 671 g/mol. The maximum Gasteiger partial charge on any atom is 0.265 e. The number of amides is 3. The average Bonchev–Trinajstić information content (AvgIpc) is 3.50. The second kappa shape index (κ2) is 12.9. The lowest BCUT2D eigenvalue weighted by Crippen LogP contribution is -2.53. The monoisotopic (exact) mass is 670 g/mol. The lowest BCUT2D eigenvalue weighted by Gasteiger charge is -2.37. The van der Waals surface area contributed by atoms with E-state index in [1.807, 2.05) is 12.1 Å².